The summed E-state index contributed by atoms with van der Waals surface area (Å²) in [6.07, 6.45) is 10.4. The van der Waals surface area contributed by atoms with Gasteiger partial charge in [0.15, 0.2) is 0 Å². The lowest BCUT2D eigenvalue weighted by molar-refractivity contribution is 1.22. The fourth-order valence-corrected chi connectivity index (χ4v) is 1.28. The number of H-pyrrole nitrogens is 1. The summed E-state index contributed by atoms with van der Waals surface area (Å²) in [6.45, 7) is 0. The molecule has 1 aromatic heterocycles. The first kappa shape index (κ1) is 7.10. The molecular formula is C10H9NO. The third-order valence-corrected chi connectivity index (χ3v) is 1.89. The maximum absolute atomic E-state index is 11.3. The molecule has 0 saturated carbocycles. The van der Waals surface area contributed by atoms with E-state index in [1.807, 2.05) is 30.4 Å². The zero-order chi connectivity index (χ0) is 8.39. The molecule has 0 radical (unpaired) electrons. The van der Waals surface area contributed by atoms with Gasteiger partial charge < -0.3 is 4.98 Å². The maximum atomic E-state index is 11.3. The highest BCUT2D eigenvalue weighted by atomic mass is 16.1. The van der Waals surface area contributed by atoms with Crippen LogP contribution in [-0.2, 0) is 0 Å². The molecule has 2 heteroatoms. The van der Waals surface area contributed by atoms with Crippen LogP contribution in [-0.4, -0.2) is 4.98 Å². The minimum absolute atomic E-state index is 0.0182. The van der Waals surface area contributed by atoms with Crippen molar-refractivity contribution in [3.8, 4) is 0 Å². The minimum atomic E-state index is -0.0182. The summed E-state index contributed by atoms with van der Waals surface area (Å²) in [5, 5.41) is 0. The van der Waals surface area contributed by atoms with Gasteiger partial charge in [-0.2, -0.15) is 0 Å². The Balaban J connectivity index is 2.73. The fraction of sp³-hybridized carbons (Fsp3) is 0.100. The summed E-state index contributed by atoms with van der Waals surface area (Å²) < 4.78 is 0. The van der Waals surface area contributed by atoms with Gasteiger partial charge in [-0.25, -0.2) is 0 Å². The van der Waals surface area contributed by atoms with E-state index in [-0.39, 0.29) is 5.56 Å². The molecule has 2 nitrogen and oxygen atoms in total. The van der Waals surface area contributed by atoms with E-state index in [1.165, 1.54) is 0 Å². The molecule has 1 aliphatic carbocycles. The second-order valence-corrected chi connectivity index (χ2v) is 2.72. The van der Waals surface area contributed by atoms with Crippen LogP contribution in [0.5, 0.6) is 0 Å². The lowest BCUT2D eigenvalue weighted by Crippen LogP contribution is -2.09. The van der Waals surface area contributed by atoms with Crippen LogP contribution in [0.1, 0.15) is 17.5 Å². The quantitative estimate of drug-likeness (QED) is 0.615. The lowest BCUT2D eigenvalue weighted by Gasteiger charge is -1.95. The Morgan fingerprint density at radius 1 is 1.25 bits per heavy atom. The molecule has 0 amide bonds. The van der Waals surface area contributed by atoms with E-state index < -0.39 is 0 Å². The SMILES string of the molecule is O=c1[nH]ccc2c1C=CCC=C2. The van der Waals surface area contributed by atoms with Gasteiger partial charge in [-0.3, -0.25) is 4.79 Å². The molecule has 1 aliphatic rings. The molecule has 0 saturated heterocycles. The Morgan fingerprint density at radius 2 is 2.08 bits per heavy atom. The number of allylic oxidation sites excluding steroid dienone is 2. The van der Waals surface area contributed by atoms with Crippen LogP contribution in [0, 0.1) is 0 Å². The molecule has 12 heavy (non-hydrogen) atoms. The predicted molar refractivity (Wildman–Crippen MR) is 49.7 cm³/mol. The number of aromatic amines is 1. The number of rotatable bonds is 0. The van der Waals surface area contributed by atoms with Crippen molar-refractivity contribution >= 4 is 12.2 Å². The molecule has 2 rings (SSSR count). The fourth-order valence-electron chi connectivity index (χ4n) is 1.28. The van der Waals surface area contributed by atoms with Gasteiger partial charge in [0.1, 0.15) is 0 Å². The third kappa shape index (κ3) is 1.11. The van der Waals surface area contributed by atoms with Crippen molar-refractivity contribution in [1.82, 2.24) is 4.98 Å². The second-order valence-electron chi connectivity index (χ2n) is 2.72. The number of aromatic nitrogens is 1. The van der Waals surface area contributed by atoms with Crippen LogP contribution in [0.2, 0.25) is 0 Å². The molecule has 1 aromatic rings. The molecular weight excluding hydrogens is 150 g/mol. The van der Waals surface area contributed by atoms with Crippen molar-refractivity contribution in [3.63, 3.8) is 0 Å². The molecule has 0 aromatic carbocycles. The van der Waals surface area contributed by atoms with Gasteiger partial charge in [0.05, 0.1) is 0 Å². The summed E-state index contributed by atoms with van der Waals surface area (Å²) in [4.78, 5) is 13.9. The third-order valence-electron chi connectivity index (χ3n) is 1.89. The lowest BCUT2D eigenvalue weighted by atomic mass is 10.1. The Hall–Kier alpha value is -1.57. The van der Waals surface area contributed by atoms with Crippen LogP contribution in [0.15, 0.2) is 29.2 Å². The molecule has 0 aliphatic heterocycles. The molecule has 0 atom stereocenters. The Morgan fingerprint density at radius 3 is 3.00 bits per heavy atom. The molecule has 1 N–H and O–H groups in total. The molecule has 0 unspecified atom stereocenters. The van der Waals surface area contributed by atoms with Crippen molar-refractivity contribution in [1.29, 1.82) is 0 Å². The highest BCUT2D eigenvalue weighted by Gasteiger charge is 2.01. The van der Waals surface area contributed by atoms with Crippen LogP contribution >= 0.6 is 0 Å². The summed E-state index contributed by atoms with van der Waals surface area (Å²) >= 11 is 0. The van der Waals surface area contributed by atoms with Gasteiger partial charge in [-0.05, 0) is 18.1 Å². The van der Waals surface area contributed by atoms with Crippen molar-refractivity contribution in [2.45, 2.75) is 6.42 Å². The Bertz CT molecular complexity index is 399. The first-order chi connectivity index (χ1) is 5.88. The highest BCUT2D eigenvalue weighted by molar-refractivity contribution is 5.66. The summed E-state index contributed by atoms with van der Waals surface area (Å²) in [7, 11) is 0. The average molecular weight is 159 g/mol. The van der Waals surface area contributed by atoms with Crippen molar-refractivity contribution < 1.29 is 0 Å². The molecule has 0 spiro atoms. The summed E-state index contributed by atoms with van der Waals surface area (Å²) in [6, 6.07) is 1.91. The number of nitrogens with one attached hydrogen (secondary N) is 1. The Labute approximate surface area is 70.3 Å². The van der Waals surface area contributed by atoms with Crippen LogP contribution in [0.3, 0.4) is 0 Å². The Kier molecular flexibility index (Phi) is 1.67. The smallest absolute Gasteiger partial charge is 0.255 e. The van der Waals surface area contributed by atoms with Gasteiger partial charge in [0, 0.05) is 11.8 Å². The normalized spacial score (nSPS) is 14.0. The zero-order valence-corrected chi connectivity index (χ0v) is 6.58. The first-order valence-corrected chi connectivity index (χ1v) is 3.93. The topological polar surface area (TPSA) is 32.9 Å². The minimum Gasteiger partial charge on any atom is -0.329 e. The van der Waals surface area contributed by atoms with Crippen molar-refractivity contribution in [3.05, 3.63) is 45.9 Å². The standard InChI is InChI=1S/C10H9NO/c12-10-9-5-3-1-2-4-8(9)6-7-11-10/h2-7H,1H2,(H,11,12). The molecule has 0 bridgehead atoms. The number of pyridine rings is 1. The molecule has 60 valence electrons. The van der Waals surface area contributed by atoms with Gasteiger partial charge >= 0.3 is 0 Å². The van der Waals surface area contributed by atoms with E-state index >= 15 is 0 Å². The maximum Gasteiger partial charge on any atom is 0.255 e. The first-order valence-electron chi connectivity index (χ1n) is 3.93. The zero-order valence-electron chi connectivity index (χ0n) is 6.58. The van der Waals surface area contributed by atoms with Gasteiger partial charge in [0.25, 0.3) is 5.56 Å². The largest absolute Gasteiger partial charge is 0.329 e. The average Bonchev–Trinajstić information content (AvgIpc) is 2.30. The van der Waals surface area contributed by atoms with Gasteiger partial charge in [0.2, 0.25) is 0 Å². The van der Waals surface area contributed by atoms with E-state index in [1.54, 1.807) is 6.20 Å². The van der Waals surface area contributed by atoms with Crippen LogP contribution in [0.25, 0.3) is 12.2 Å². The molecule has 1 heterocycles. The van der Waals surface area contributed by atoms with E-state index in [0.717, 1.165) is 17.5 Å². The summed E-state index contributed by atoms with van der Waals surface area (Å²) in [5.41, 5.74) is 1.73. The van der Waals surface area contributed by atoms with E-state index in [2.05, 4.69) is 4.98 Å². The van der Waals surface area contributed by atoms with E-state index in [9.17, 15) is 4.79 Å². The van der Waals surface area contributed by atoms with E-state index in [4.69, 9.17) is 0 Å². The monoisotopic (exact) mass is 159 g/mol. The van der Waals surface area contributed by atoms with Crippen LogP contribution in [0.4, 0.5) is 0 Å². The van der Waals surface area contributed by atoms with Crippen molar-refractivity contribution in [2.75, 3.05) is 0 Å². The van der Waals surface area contributed by atoms with Crippen LogP contribution < -0.4 is 5.56 Å². The van der Waals surface area contributed by atoms with Gasteiger partial charge in [-0.1, -0.05) is 24.3 Å². The van der Waals surface area contributed by atoms with Gasteiger partial charge in [-0.15, -0.1) is 0 Å². The van der Waals surface area contributed by atoms with Crippen molar-refractivity contribution in [2.24, 2.45) is 0 Å². The highest BCUT2D eigenvalue weighted by Crippen LogP contribution is 2.11. The summed E-state index contributed by atoms with van der Waals surface area (Å²) in [5.74, 6) is 0. The molecule has 0 fully saturated rings. The second kappa shape index (κ2) is 2.81. The predicted octanol–water partition coefficient (Wildman–Crippen LogP) is 1.80. The number of hydrogen-bond donors (Lipinski definition) is 1. The number of hydrogen-bond acceptors (Lipinski definition) is 1. The van der Waals surface area contributed by atoms with E-state index in [0.29, 0.717) is 0 Å². The number of fused-ring (bicyclic) bond motifs is 1.